The number of rotatable bonds is 7. The highest BCUT2D eigenvalue weighted by Crippen LogP contribution is 2.25. The number of benzene rings is 2. The van der Waals surface area contributed by atoms with Gasteiger partial charge in [-0.05, 0) is 29.8 Å². The van der Waals surface area contributed by atoms with Crippen LogP contribution in [0.15, 0.2) is 42.5 Å². The predicted molar refractivity (Wildman–Crippen MR) is 125 cm³/mol. The second kappa shape index (κ2) is 10.8. The number of nitrogens with one attached hydrogen (secondary N) is 2. The number of carboxylic acids is 1. The van der Waals surface area contributed by atoms with Crippen LogP contribution in [0.2, 0.25) is 10.0 Å². The van der Waals surface area contributed by atoms with Crippen LogP contribution < -0.4 is 10.6 Å². The van der Waals surface area contributed by atoms with E-state index in [4.69, 9.17) is 23.2 Å². The van der Waals surface area contributed by atoms with E-state index in [0.29, 0.717) is 11.3 Å². The van der Waals surface area contributed by atoms with Gasteiger partial charge < -0.3 is 20.8 Å². The van der Waals surface area contributed by atoms with Gasteiger partial charge in [0.1, 0.15) is 12.1 Å². The van der Waals surface area contributed by atoms with Crippen molar-refractivity contribution in [1.29, 1.82) is 0 Å². The van der Waals surface area contributed by atoms with E-state index in [1.54, 1.807) is 42.5 Å². The Balaban J connectivity index is 1.64. The summed E-state index contributed by atoms with van der Waals surface area (Å²) in [6.45, 7) is 0. The minimum Gasteiger partial charge on any atom is -0.480 e. The third kappa shape index (κ3) is 6.10. The first-order chi connectivity index (χ1) is 15.7. The molecule has 3 amide bonds. The highest BCUT2D eigenvalue weighted by atomic mass is 35.5. The summed E-state index contributed by atoms with van der Waals surface area (Å²) in [7, 11) is 0. The van der Waals surface area contributed by atoms with Crippen LogP contribution in [0.4, 0.5) is 10.5 Å². The van der Waals surface area contributed by atoms with Gasteiger partial charge in [0.2, 0.25) is 5.91 Å². The van der Waals surface area contributed by atoms with E-state index in [1.807, 2.05) is 0 Å². The van der Waals surface area contributed by atoms with Crippen LogP contribution in [0.3, 0.4) is 0 Å². The van der Waals surface area contributed by atoms with Crippen LogP contribution in [0.5, 0.6) is 0 Å². The number of hydrogen-bond acceptors (Lipinski definition) is 5. The maximum atomic E-state index is 12.5. The van der Waals surface area contributed by atoms with Crippen molar-refractivity contribution in [2.45, 2.75) is 18.5 Å². The molecule has 1 saturated heterocycles. The van der Waals surface area contributed by atoms with Gasteiger partial charge in [-0.25, -0.2) is 9.59 Å². The molecule has 0 radical (unpaired) electrons. The SMILES string of the molecule is O=C(Nc1ccc(C[C@@H](NC(=O)[C@H]2CSCN2C(=O)O)C(=O)O)cc1)c1c(Cl)cccc1Cl. The van der Waals surface area contributed by atoms with Crippen LogP contribution in [0.1, 0.15) is 15.9 Å². The standard InChI is InChI=1S/C21H19Cl2N3O6S/c22-13-2-1-3-14(23)17(13)19(28)24-12-6-4-11(5-7-12)8-15(20(29)30)25-18(27)16-9-33-10-26(16)21(31)32/h1-7,15-16H,8-10H2,(H,24,28)(H,25,27)(H,29,30)(H,31,32)/t15-,16-/m1/s1. The third-order valence-corrected chi connectivity index (χ3v) is 6.53. The predicted octanol–water partition coefficient (Wildman–Crippen LogP) is 3.41. The van der Waals surface area contributed by atoms with Crippen LogP contribution in [-0.2, 0) is 16.0 Å². The van der Waals surface area contributed by atoms with Crippen LogP contribution in [0, 0.1) is 0 Å². The first kappa shape index (κ1) is 24.7. The number of aliphatic carboxylic acids is 1. The molecule has 2 atom stereocenters. The summed E-state index contributed by atoms with van der Waals surface area (Å²) >= 11 is 13.4. The average Bonchev–Trinajstić information content (AvgIpc) is 3.25. The number of thioether (sulfide) groups is 1. The zero-order chi connectivity index (χ0) is 24.1. The minimum absolute atomic E-state index is 0.0292. The van der Waals surface area contributed by atoms with E-state index in [1.165, 1.54) is 11.8 Å². The van der Waals surface area contributed by atoms with Crippen molar-refractivity contribution in [1.82, 2.24) is 10.2 Å². The fourth-order valence-electron chi connectivity index (χ4n) is 3.18. The number of hydrogen-bond donors (Lipinski definition) is 4. The Morgan fingerprint density at radius 1 is 1.06 bits per heavy atom. The van der Waals surface area contributed by atoms with Gasteiger partial charge in [-0.3, -0.25) is 14.5 Å². The maximum absolute atomic E-state index is 12.5. The summed E-state index contributed by atoms with van der Waals surface area (Å²) in [5.74, 6) is -1.99. The number of carbonyl (C=O) groups excluding carboxylic acids is 2. The van der Waals surface area contributed by atoms with Gasteiger partial charge >= 0.3 is 12.1 Å². The van der Waals surface area contributed by atoms with E-state index in [0.717, 1.165) is 4.90 Å². The molecule has 1 heterocycles. The lowest BCUT2D eigenvalue weighted by molar-refractivity contribution is -0.142. The van der Waals surface area contributed by atoms with Crippen LogP contribution in [0.25, 0.3) is 0 Å². The highest BCUT2D eigenvalue weighted by molar-refractivity contribution is 7.99. The Labute approximate surface area is 203 Å². The molecule has 4 N–H and O–H groups in total. The van der Waals surface area contributed by atoms with E-state index < -0.39 is 36.0 Å². The van der Waals surface area contributed by atoms with E-state index >= 15 is 0 Å². The van der Waals surface area contributed by atoms with Crippen molar-refractivity contribution in [2.75, 3.05) is 16.9 Å². The normalized spacial score (nSPS) is 16.2. The highest BCUT2D eigenvalue weighted by Gasteiger charge is 2.36. The van der Waals surface area contributed by atoms with E-state index in [-0.39, 0.29) is 33.7 Å². The summed E-state index contributed by atoms with van der Waals surface area (Å²) in [5, 5.41) is 24.2. The van der Waals surface area contributed by atoms with Gasteiger partial charge in [-0.2, -0.15) is 0 Å². The molecule has 1 fully saturated rings. The van der Waals surface area contributed by atoms with Crippen molar-refractivity contribution in [3.8, 4) is 0 Å². The molecule has 2 aromatic rings. The van der Waals surface area contributed by atoms with Crippen LogP contribution >= 0.6 is 35.0 Å². The van der Waals surface area contributed by atoms with Gasteiger partial charge in [-0.1, -0.05) is 41.4 Å². The lowest BCUT2D eigenvalue weighted by atomic mass is 10.0. The minimum atomic E-state index is -1.25. The Morgan fingerprint density at radius 3 is 2.27 bits per heavy atom. The Morgan fingerprint density at radius 2 is 1.70 bits per heavy atom. The van der Waals surface area contributed by atoms with Crippen molar-refractivity contribution in [3.05, 3.63) is 63.6 Å². The molecule has 174 valence electrons. The average molecular weight is 512 g/mol. The summed E-state index contributed by atoms with van der Waals surface area (Å²) in [6.07, 6.45) is -1.26. The van der Waals surface area contributed by atoms with Gasteiger partial charge in [0.25, 0.3) is 5.91 Å². The molecular weight excluding hydrogens is 493 g/mol. The quantitative estimate of drug-likeness (QED) is 0.447. The first-order valence-electron chi connectivity index (χ1n) is 9.62. The van der Waals surface area contributed by atoms with Gasteiger partial charge in [0, 0.05) is 17.9 Å². The Hall–Kier alpha value is -2.95. The van der Waals surface area contributed by atoms with E-state index in [9.17, 15) is 29.4 Å². The second-order valence-corrected chi connectivity index (χ2v) is 8.93. The smallest absolute Gasteiger partial charge is 0.408 e. The van der Waals surface area contributed by atoms with Crippen LogP contribution in [-0.4, -0.2) is 62.7 Å². The number of nitrogens with zero attached hydrogens (tertiary/aromatic N) is 1. The number of halogens is 2. The van der Waals surface area contributed by atoms with Crippen molar-refractivity contribution < 1.29 is 29.4 Å². The summed E-state index contributed by atoms with van der Waals surface area (Å²) in [4.78, 5) is 48.8. The zero-order valence-electron chi connectivity index (χ0n) is 17.0. The monoisotopic (exact) mass is 511 g/mol. The van der Waals surface area contributed by atoms with Crippen molar-refractivity contribution >= 4 is 64.5 Å². The molecule has 3 rings (SSSR count). The van der Waals surface area contributed by atoms with E-state index in [2.05, 4.69) is 10.6 Å². The number of amides is 3. The third-order valence-electron chi connectivity index (χ3n) is 4.89. The number of carboxylic acid groups (broad SMARTS) is 2. The molecular formula is C21H19Cl2N3O6S. The first-order valence-corrected chi connectivity index (χ1v) is 11.5. The summed E-state index contributed by atoms with van der Waals surface area (Å²) in [5.41, 5.74) is 1.17. The van der Waals surface area contributed by atoms with Gasteiger partial charge in [0.05, 0.1) is 21.5 Å². The Bertz CT molecular complexity index is 1060. The molecule has 0 aliphatic carbocycles. The molecule has 0 spiro atoms. The van der Waals surface area contributed by atoms with Crippen molar-refractivity contribution in [3.63, 3.8) is 0 Å². The lowest BCUT2D eigenvalue weighted by Crippen LogP contribution is -2.52. The molecule has 12 heteroatoms. The molecule has 2 aromatic carbocycles. The molecule has 1 aliphatic heterocycles. The van der Waals surface area contributed by atoms with Gasteiger partial charge in [0.15, 0.2) is 0 Å². The summed E-state index contributed by atoms with van der Waals surface area (Å²) in [6, 6.07) is 8.92. The van der Waals surface area contributed by atoms with Gasteiger partial charge in [-0.15, -0.1) is 11.8 Å². The molecule has 1 aliphatic rings. The topological polar surface area (TPSA) is 136 Å². The fourth-order valence-corrected chi connectivity index (χ4v) is 4.90. The fraction of sp³-hybridized carbons (Fsp3) is 0.238. The molecule has 33 heavy (non-hydrogen) atoms. The largest absolute Gasteiger partial charge is 0.480 e. The molecule has 0 saturated carbocycles. The second-order valence-electron chi connectivity index (χ2n) is 7.12. The summed E-state index contributed by atoms with van der Waals surface area (Å²) < 4.78 is 0. The zero-order valence-corrected chi connectivity index (χ0v) is 19.3. The lowest BCUT2D eigenvalue weighted by Gasteiger charge is -2.22. The van der Waals surface area contributed by atoms with Crippen molar-refractivity contribution in [2.24, 2.45) is 0 Å². The number of anilines is 1. The molecule has 0 bridgehead atoms. The molecule has 9 nitrogen and oxygen atoms in total. The molecule has 0 unspecified atom stereocenters. The Kier molecular flexibility index (Phi) is 8.06. The molecule has 0 aromatic heterocycles. The maximum Gasteiger partial charge on any atom is 0.408 e. The number of carbonyl (C=O) groups is 4.